The molecule has 0 aromatic heterocycles. The molecule has 1 N–H and O–H groups in total. The quantitative estimate of drug-likeness (QED) is 0.202. The zero-order valence-corrected chi connectivity index (χ0v) is 27.7. The van der Waals surface area contributed by atoms with Crippen LogP contribution >= 0.6 is 11.8 Å². The summed E-state index contributed by atoms with van der Waals surface area (Å²) < 4.78 is 49.1. The molecule has 3 aromatic rings. The molecule has 1 aliphatic rings. The molecular formula is C34H42FN3O5S2. The summed E-state index contributed by atoms with van der Waals surface area (Å²) in [5.74, 6) is -0.961. The number of para-hydroxylation sites is 2. The second-order valence-corrected chi connectivity index (χ2v) is 13.7. The number of nitrogens with one attached hydrogen (secondary N) is 1. The number of hydrogen-bond donors (Lipinski definition) is 1. The Labute approximate surface area is 270 Å². The number of halogens is 1. The van der Waals surface area contributed by atoms with Gasteiger partial charge in [-0.1, -0.05) is 50.5 Å². The fourth-order valence-electron chi connectivity index (χ4n) is 5.58. The van der Waals surface area contributed by atoms with Gasteiger partial charge in [-0.15, -0.1) is 11.8 Å². The lowest BCUT2D eigenvalue weighted by Crippen LogP contribution is -2.54. The summed E-state index contributed by atoms with van der Waals surface area (Å²) in [6.07, 6.45) is 7.16. The van der Waals surface area contributed by atoms with E-state index in [0.717, 1.165) is 41.3 Å². The van der Waals surface area contributed by atoms with Crippen molar-refractivity contribution in [2.45, 2.75) is 80.8 Å². The van der Waals surface area contributed by atoms with Gasteiger partial charge in [-0.3, -0.25) is 13.9 Å². The third-order valence-electron chi connectivity index (χ3n) is 7.96. The number of benzene rings is 3. The zero-order chi connectivity index (χ0) is 32.4. The highest BCUT2D eigenvalue weighted by Crippen LogP contribution is 2.33. The predicted molar refractivity (Wildman–Crippen MR) is 176 cm³/mol. The zero-order valence-electron chi connectivity index (χ0n) is 26.1. The monoisotopic (exact) mass is 655 g/mol. The van der Waals surface area contributed by atoms with E-state index in [2.05, 4.69) is 5.32 Å². The number of nitrogens with zero attached hydrogens (tertiary/aromatic N) is 2. The van der Waals surface area contributed by atoms with Crippen LogP contribution < -0.4 is 14.4 Å². The van der Waals surface area contributed by atoms with E-state index >= 15 is 0 Å². The molecule has 0 saturated heterocycles. The number of hydrogen-bond acceptors (Lipinski definition) is 6. The van der Waals surface area contributed by atoms with Gasteiger partial charge in [-0.05, 0) is 86.5 Å². The molecule has 0 bridgehead atoms. The van der Waals surface area contributed by atoms with Gasteiger partial charge in [-0.25, -0.2) is 12.8 Å². The van der Waals surface area contributed by atoms with Gasteiger partial charge in [0.25, 0.3) is 10.0 Å². The Morgan fingerprint density at radius 2 is 1.64 bits per heavy atom. The minimum atomic E-state index is -4.26. The Morgan fingerprint density at radius 3 is 2.27 bits per heavy atom. The molecule has 8 nitrogen and oxygen atoms in total. The number of amides is 2. The Bertz CT molecular complexity index is 1530. The second kappa shape index (κ2) is 16.1. The van der Waals surface area contributed by atoms with Gasteiger partial charge in [-0.2, -0.15) is 0 Å². The maximum absolute atomic E-state index is 14.4. The molecule has 0 heterocycles. The molecule has 1 saturated carbocycles. The first kappa shape index (κ1) is 34.3. The Balaban J connectivity index is 1.74. The van der Waals surface area contributed by atoms with E-state index < -0.39 is 34.3 Å². The second-order valence-electron chi connectivity index (χ2n) is 11.0. The van der Waals surface area contributed by atoms with Crippen LogP contribution in [0.5, 0.6) is 5.75 Å². The third kappa shape index (κ3) is 8.79. The van der Waals surface area contributed by atoms with Gasteiger partial charge in [0, 0.05) is 17.5 Å². The highest BCUT2D eigenvalue weighted by molar-refractivity contribution is 7.98. The summed E-state index contributed by atoms with van der Waals surface area (Å²) >= 11 is 1.49. The van der Waals surface area contributed by atoms with Crippen molar-refractivity contribution in [3.63, 3.8) is 0 Å². The summed E-state index contributed by atoms with van der Waals surface area (Å²) in [5.41, 5.74) is 0.827. The van der Waals surface area contributed by atoms with Crippen molar-refractivity contribution >= 4 is 39.3 Å². The lowest BCUT2D eigenvalue weighted by Gasteiger charge is -2.34. The van der Waals surface area contributed by atoms with Crippen molar-refractivity contribution in [3.8, 4) is 5.75 Å². The molecule has 0 radical (unpaired) electrons. The molecule has 2 amide bonds. The van der Waals surface area contributed by atoms with E-state index in [1.54, 1.807) is 55.5 Å². The number of carbonyl (C=O) groups is 2. The van der Waals surface area contributed by atoms with E-state index in [9.17, 15) is 22.4 Å². The fourth-order valence-corrected chi connectivity index (χ4v) is 7.41. The van der Waals surface area contributed by atoms with Crippen molar-refractivity contribution in [2.75, 3.05) is 23.7 Å². The van der Waals surface area contributed by atoms with E-state index in [4.69, 9.17) is 4.74 Å². The maximum Gasteiger partial charge on any atom is 0.264 e. The average Bonchev–Trinajstić information content (AvgIpc) is 3.05. The van der Waals surface area contributed by atoms with Crippen LogP contribution in [0, 0.1) is 5.82 Å². The molecule has 11 heteroatoms. The molecule has 1 fully saturated rings. The van der Waals surface area contributed by atoms with Gasteiger partial charge >= 0.3 is 0 Å². The molecule has 242 valence electrons. The maximum atomic E-state index is 14.4. The Kier molecular flexibility index (Phi) is 12.3. The van der Waals surface area contributed by atoms with Crippen LogP contribution in [0.25, 0.3) is 0 Å². The molecule has 4 rings (SSSR count). The first-order valence-electron chi connectivity index (χ1n) is 15.4. The van der Waals surface area contributed by atoms with Crippen molar-refractivity contribution in [1.82, 2.24) is 10.2 Å². The minimum Gasteiger partial charge on any atom is -0.492 e. The van der Waals surface area contributed by atoms with Gasteiger partial charge in [0.05, 0.1) is 17.2 Å². The molecule has 45 heavy (non-hydrogen) atoms. The van der Waals surface area contributed by atoms with E-state index in [-0.39, 0.29) is 35.7 Å². The first-order valence-corrected chi connectivity index (χ1v) is 18.1. The van der Waals surface area contributed by atoms with Gasteiger partial charge < -0.3 is 15.0 Å². The van der Waals surface area contributed by atoms with Crippen LogP contribution in [0.4, 0.5) is 10.1 Å². The van der Waals surface area contributed by atoms with Crippen molar-refractivity contribution in [2.24, 2.45) is 0 Å². The van der Waals surface area contributed by atoms with Crippen molar-refractivity contribution in [1.29, 1.82) is 0 Å². The minimum absolute atomic E-state index is 0.000872. The lowest BCUT2D eigenvalue weighted by atomic mass is 9.95. The molecule has 0 aliphatic heterocycles. The van der Waals surface area contributed by atoms with Crippen LogP contribution in [-0.2, 0) is 26.2 Å². The van der Waals surface area contributed by atoms with E-state index in [1.165, 1.54) is 40.9 Å². The van der Waals surface area contributed by atoms with E-state index in [0.29, 0.717) is 17.7 Å². The number of ether oxygens (including phenoxy) is 1. The number of carbonyl (C=O) groups excluding carboxylic acids is 2. The van der Waals surface area contributed by atoms with Gasteiger partial charge in [0.15, 0.2) is 0 Å². The van der Waals surface area contributed by atoms with Gasteiger partial charge in [0.1, 0.15) is 24.2 Å². The van der Waals surface area contributed by atoms with Crippen molar-refractivity contribution in [3.05, 3.63) is 84.2 Å². The molecule has 1 unspecified atom stereocenters. The molecular weight excluding hydrogens is 614 g/mol. The average molecular weight is 656 g/mol. The highest BCUT2D eigenvalue weighted by atomic mass is 32.2. The third-order valence-corrected chi connectivity index (χ3v) is 10.5. The summed E-state index contributed by atoms with van der Waals surface area (Å²) in [5, 5.41) is 3.13. The van der Waals surface area contributed by atoms with Crippen LogP contribution in [0.15, 0.2) is 82.6 Å². The predicted octanol–water partition coefficient (Wildman–Crippen LogP) is 6.40. The standard InChI is InChI=1S/C34H42FN3O5S2/c1-4-30(34(40)36-27-11-7-6-8-12-27)37(23-25-15-17-26(35)18-16-25)33(39)24-38(31-13-9-10-14-32(31)43-5-2)45(41,42)29-21-19-28(44-3)20-22-29/h9-10,13-22,27,30H,4-8,11-12,23-24H2,1-3H3,(H,36,40). The van der Waals surface area contributed by atoms with Crippen molar-refractivity contribution < 1.29 is 27.1 Å². The first-order chi connectivity index (χ1) is 21.7. The summed E-state index contributed by atoms with van der Waals surface area (Å²) in [6, 6.07) is 18.0. The van der Waals surface area contributed by atoms with Crippen LogP contribution in [0.2, 0.25) is 0 Å². The summed E-state index contributed by atoms with van der Waals surface area (Å²) in [7, 11) is -4.26. The topological polar surface area (TPSA) is 96.0 Å². The number of sulfonamides is 1. The number of thioether (sulfide) groups is 1. The Morgan fingerprint density at radius 1 is 0.978 bits per heavy atom. The highest BCUT2D eigenvalue weighted by Gasteiger charge is 2.35. The van der Waals surface area contributed by atoms with Crippen LogP contribution in [0.3, 0.4) is 0 Å². The number of rotatable bonds is 14. The largest absolute Gasteiger partial charge is 0.492 e. The molecule has 1 aliphatic carbocycles. The summed E-state index contributed by atoms with van der Waals surface area (Å²) in [6.45, 7) is 3.33. The lowest BCUT2D eigenvalue weighted by molar-refractivity contribution is -0.140. The molecule has 1 atom stereocenters. The normalized spacial score (nSPS) is 14.4. The summed E-state index contributed by atoms with van der Waals surface area (Å²) in [4.78, 5) is 30.4. The van der Waals surface area contributed by atoms with Crippen LogP contribution in [0.1, 0.15) is 57.9 Å². The SMILES string of the molecule is CCOc1ccccc1N(CC(=O)N(Cc1ccc(F)cc1)C(CC)C(=O)NC1CCCCC1)S(=O)(=O)c1ccc(SC)cc1. The Hall–Kier alpha value is -3.57. The smallest absolute Gasteiger partial charge is 0.264 e. The fraction of sp³-hybridized carbons (Fsp3) is 0.412. The molecule has 3 aromatic carbocycles. The number of anilines is 1. The van der Waals surface area contributed by atoms with Crippen LogP contribution in [-0.4, -0.2) is 56.6 Å². The van der Waals surface area contributed by atoms with E-state index in [1.807, 2.05) is 13.2 Å². The molecule has 0 spiro atoms. The van der Waals surface area contributed by atoms with Gasteiger partial charge in [0.2, 0.25) is 11.8 Å².